The number of para-hydroxylation sites is 2. The molecule has 0 atom stereocenters. The van der Waals surface area contributed by atoms with Gasteiger partial charge in [-0.2, -0.15) is 0 Å². The Balaban J connectivity index is 1.04. The molecule has 0 N–H and O–H groups in total. The van der Waals surface area contributed by atoms with Crippen LogP contribution in [0.1, 0.15) is 25.0 Å². The Kier molecular flexibility index (Phi) is 6.09. The number of fused-ring (bicyclic) bond motifs is 9. The van der Waals surface area contributed by atoms with Crippen molar-refractivity contribution in [1.82, 2.24) is 0 Å². The molecule has 3 nitrogen and oxygen atoms in total. The summed E-state index contributed by atoms with van der Waals surface area (Å²) in [7, 11) is 0. The average molecular weight is 650 g/mol. The first-order valence-corrected chi connectivity index (χ1v) is 17.5. The van der Waals surface area contributed by atoms with Crippen LogP contribution in [0.5, 0.6) is 11.5 Å². The van der Waals surface area contributed by atoms with Crippen LogP contribution in [-0.2, 0) is 5.41 Å². The van der Waals surface area contributed by atoms with E-state index in [0.29, 0.717) is 0 Å². The van der Waals surface area contributed by atoms with Crippen LogP contribution in [0.2, 0.25) is 0 Å². The maximum atomic E-state index is 6.88. The smallest absolute Gasteiger partial charge is 0.140 e. The molecule has 49 heavy (non-hydrogen) atoms. The highest BCUT2D eigenvalue weighted by atomic mass is 32.1. The quantitative estimate of drug-likeness (QED) is 0.190. The van der Waals surface area contributed by atoms with Crippen LogP contribution < -0.4 is 9.64 Å². The van der Waals surface area contributed by atoms with E-state index in [1.54, 1.807) is 0 Å². The van der Waals surface area contributed by atoms with E-state index in [4.69, 9.17) is 9.15 Å². The van der Waals surface area contributed by atoms with Gasteiger partial charge in [0.05, 0.1) is 0 Å². The number of hydrogen-bond acceptors (Lipinski definition) is 4. The summed E-state index contributed by atoms with van der Waals surface area (Å²) in [6.07, 6.45) is 0. The number of anilines is 3. The van der Waals surface area contributed by atoms with E-state index in [1.165, 1.54) is 31.3 Å². The number of ether oxygens (including phenoxy) is 1. The summed E-state index contributed by atoms with van der Waals surface area (Å²) in [6.45, 7) is 4.62. The molecule has 0 saturated carbocycles. The molecule has 1 aliphatic heterocycles. The SMILES string of the molecule is CC1(C)c2ccc(-c3ccc(N(c4ccccc4)c4ccc5c(c4)oc4ccccc45)cc3)cc2Oc2c1ccc1sc3ccccc3c21. The number of furan rings is 1. The molecule has 0 unspecified atom stereocenters. The normalized spacial score (nSPS) is 13.4. The van der Waals surface area contributed by atoms with Crippen LogP contribution in [0, 0.1) is 0 Å². The standard InChI is InChI=1S/C45H31NO2S/c1-45(2)36-23-18-29(26-40(36)48-44-37(45)24-25-42-43(44)35-13-7-9-15-41(35)49-42)28-16-19-31(20-17-28)46(30-10-4-3-5-11-30)32-21-22-34-33-12-6-8-14-38(33)47-39(34)27-32/h3-27H,1-2H3. The van der Waals surface area contributed by atoms with Crippen molar-refractivity contribution in [2.75, 3.05) is 4.90 Å². The van der Waals surface area contributed by atoms with Crippen molar-refractivity contribution in [3.63, 3.8) is 0 Å². The fraction of sp³-hybridized carbons (Fsp3) is 0.0667. The van der Waals surface area contributed by atoms with Crippen LogP contribution in [0.25, 0.3) is 53.2 Å². The van der Waals surface area contributed by atoms with Crippen molar-refractivity contribution >= 4 is 70.5 Å². The largest absolute Gasteiger partial charge is 0.456 e. The van der Waals surface area contributed by atoms with Gasteiger partial charge in [-0.15, -0.1) is 11.3 Å². The number of hydrogen-bond donors (Lipinski definition) is 0. The monoisotopic (exact) mass is 649 g/mol. The lowest BCUT2D eigenvalue weighted by Gasteiger charge is -2.35. The molecule has 0 spiro atoms. The van der Waals surface area contributed by atoms with Crippen molar-refractivity contribution in [3.05, 3.63) is 163 Å². The zero-order valence-corrected chi connectivity index (χ0v) is 27.9. The Morgan fingerprint density at radius 3 is 2.04 bits per heavy atom. The van der Waals surface area contributed by atoms with Gasteiger partial charge in [-0.25, -0.2) is 0 Å². The second-order valence-electron chi connectivity index (χ2n) is 13.3. The average Bonchev–Trinajstić information content (AvgIpc) is 3.71. The number of nitrogens with zero attached hydrogens (tertiary/aromatic N) is 1. The summed E-state index contributed by atoms with van der Waals surface area (Å²) in [5.41, 5.74) is 9.48. The zero-order valence-electron chi connectivity index (χ0n) is 27.1. The molecule has 234 valence electrons. The summed E-state index contributed by atoms with van der Waals surface area (Å²) in [6, 6.07) is 53.9. The van der Waals surface area contributed by atoms with Gasteiger partial charge in [0.15, 0.2) is 0 Å². The molecule has 4 heteroatoms. The molecule has 0 amide bonds. The van der Waals surface area contributed by atoms with Crippen molar-refractivity contribution in [2.45, 2.75) is 19.3 Å². The van der Waals surface area contributed by atoms with Gasteiger partial charge in [0.25, 0.3) is 0 Å². The first-order chi connectivity index (χ1) is 24.0. The lowest BCUT2D eigenvalue weighted by Crippen LogP contribution is -2.24. The lowest BCUT2D eigenvalue weighted by molar-refractivity contribution is 0.423. The molecule has 2 aromatic heterocycles. The van der Waals surface area contributed by atoms with Crippen LogP contribution in [0.15, 0.2) is 156 Å². The molecular weight excluding hydrogens is 619 g/mol. The molecule has 0 fully saturated rings. The molecule has 0 bridgehead atoms. The van der Waals surface area contributed by atoms with E-state index in [9.17, 15) is 0 Å². The first kappa shape index (κ1) is 28.2. The molecule has 1 aliphatic rings. The first-order valence-electron chi connectivity index (χ1n) is 16.7. The molecular formula is C45H31NO2S. The molecule has 7 aromatic carbocycles. The van der Waals surface area contributed by atoms with E-state index in [0.717, 1.165) is 61.6 Å². The molecule has 9 aromatic rings. The van der Waals surface area contributed by atoms with Crippen molar-refractivity contribution in [1.29, 1.82) is 0 Å². The van der Waals surface area contributed by atoms with E-state index in [1.807, 2.05) is 23.5 Å². The van der Waals surface area contributed by atoms with Crippen molar-refractivity contribution in [2.24, 2.45) is 0 Å². The van der Waals surface area contributed by atoms with Gasteiger partial charge in [0.1, 0.15) is 22.7 Å². The fourth-order valence-electron chi connectivity index (χ4n) is 7.62. The fourth-order valence-corrected chi connectivity index (χ4v) is 8.73. The molecule has 0 saturated heterocycles. The minimum Gasteiger partial charge on any atom is -0.456 e. The van der Waals surface area contributed by atoms with Crippen LogP contribution >= 0.6 is 11.3 Å². The minimum absolute atomic E-state index is 0.195. The van der Waals surface area contributed by atoms with Crippen LogP contribution in [0.3, 0.4) is 0 Å². The van der Waals surface area contributed by atoms with Gasteiger partial charge >= 0.3 is 0 Å². The molecule has 10 rings (SSSR count). The maximum absolute atomic E-state index is 6.88. The summed E-state index contributed by atoms with van der Waals surface area (Å²) in [4.78, 5) is 2.28. The van der Waals surface area contributed by atoms with Gasteiger partial charge in [0.2, 0.25) is 0 Å². The second kappa shape index (κ2) is 10.6. The molecule has 3 heterocycles. The van der Waals surface area contributed by atoms with Gasteiger partial charge in [0, 0.05) is 70.6 Å². The summed E-state index contributed by atoms with van der Waals surface area (Å²) >= 11 is 1.83. The van der Waals surface area contributed by atoms with Crippen molar-refractivity contribution < 1.29 is 9.15 Å². The second-order valence-corrected chi connectivity index (χ2v) is 14.4. The topological polar surface area (TPSA) is 25.6 Å². The summed E-state index contributed by atoms with van der Waals surface area (Å²) in [5.74, 6) is 1.91. The zero-order chi connectivity index (χ0) is 32.7. The van der Waals surface area contributed by atoms with E-state index in [-0.39, 0.29) is 5.41 Å². The Morgan fingerprint density at radius 2 is 1.18 bits per heavy atom. The summed E-state index contributed by atoms with van der Waals surface area (Å²) < 4.78 is 15.7. The number of rotatable bonds is 4. The number of thiophene rings is 1. The van der Waals surface area contributed by atoms with Crippen LogP contribution in [-0.4, -0.2) is 0 Å². The number of benzene rings is 7. The predicted octanol–water partition coefficient (Wildman–Crippen LogP) is 13.5. The predicted molar refractivity (Wildman–Crippen MR) is 205 cm³/mol. The van der Waals surface area contributed by atoms with Gasteiger partial charge < -0.3 is 14.1 Å². The highest BCUT2D eigenvalue weighted by Crippen LogP contribution is 2.53. The van der Waals surface area contributed by atoms with Gasteiger partial charge in [-0.1, -0.05) is 98.8 Å². The minimum atomic E-state index is -0.195. The van der Waals surface area contributed by atoms with Crippen LogP contribution in [0.4, 0.5) is 17.1 Å². The van der Waals surface area contributed by atoms with E-state index >= 15 is 0 Å². The highest BCUT2D eigenvalue weighted by molar-refractivity contribution is 7.25. The van der Waals surface area contributed by atoms with E-state index < -0.39 is 0 Å². The van der Waals surface area contributed by atoms with Gasteiger partial charge in [-0.05, 0) is 71.8 Å². The summed E-state index contributed by atoms with van der Waals surface area (Å²) in [5, 5.41) is 4.73. The Bertz CT molecular complexity index is 2720. The maximum Gasteiger partial charge on any atom is 0.140 e. The third-order valence-corrected chi connectivity index (χ3v) is 11.3. The third-order valence-electron chi connectivity index (χ3n) is 10.1. The molecule has 0 aliphatic carbocycles. The molecule has 0 radical (unpaired) electrons. The Labute approximate surface area is 288 Å². The van der Waals surface area contributed by atoms with Crippen molar-refractivity contribution in [3.8, 4) is 22.6 Å². The lowest BCUT2D eigenvalue weighted by atomic mass is 9.75. The highest BCUT2D eigenvalue weighted by Gasteiger charge is 2.36. The third kappa shape index (κ3) is 4.34. The Hall–Kier alpha value is -5.84. The Morgan fingerprint density at radius 1 is 0.510 bits per heavy atom. The van der Waals surface area contributed by atoms with E-state index in [2.05, 4.69) is 158 Å². The van der Waals surface area contributed by atoms with Gasteiger partial charge in [-0.3, -0.25) is 0 Å².